The van der Waals surface area contributed by atoms with Crippen molar-refractivity contribution >= 4 is 15.9 Å². The number of aromatic nitrogens is 2. The highest BCUT2D eigenvalue weighted by Crippen LogP contribution is 2.19. The second-order valence-corrected chi connectivity index (χ2v) is 3.46. The minimum Gasteiger partial charge on any atom is -0.321 e. The highest BCUT2D eigenvalue weighted by atomic mass is 79.9. The molecule has 1 aliphatic rings. The third-order valence-corrected chi connectivity index (χ3v) is 2.66. The minimum absolute atomic E-state index is 0.590. The molecule has 1 atom stereocenters. The van der Waals surface area contributed by atoms with Crippen LogP contribution >= 0.6 is 15.9 Å². The summed E-state index contributed by atoms with van der Waals surface area (Å²) >= 11 is 3.40. The third kappa shape index (κ3) is 1.32. The van der Waals surface area contributed by atoms with Crippen molar-refractivity contribution in [2.24, 2.45) is 0 Å². The fraction of sp³-hybridized carbons (Fsp3) is 0.571. The molecule has 0 bridgehead atoms. The Labute approximate surface area is 73.9 Å². The van der Waals surface area contributed by atoms with Gasteiger partial charge < -0.3 is 9.88 Å². The molecule has 2 heterocycles. The van der Waals surface area contributed by atoms with Crippen LogP contribution in [0.2, 0.25) is 0 Å². The van der Waals surface area contributed by atoms with Gasteiger partial charge in [0.25, 0.3) is 0 Å². The van der Waals surface area contributed by atoms with Crippen LogP contribution in [0.4, 0.5) is 0 Å². The van der Waals surface area contributed by atoms with Gasteiger partial charge in [-0.1, -0.05) is 0 Å². The Hall–Kier alpha value is -0.350. The lowest BCUT2D eigenvalue weighted by Gasteiger charge is -2.10. The van der Waals surface area contributed by atoms with Gasteiger partial charge in [0.2, 0.25) is 0 Å². The smallest absolute Gasteiger partial charge is 0.177 e. The molecule has 0 amide bonds. The summed E-state index contributed by atoms with van der Waals surface area (Å²) in [4.78, 5) is 4.11. The van der Waals surface area contributed by atoms with Crippen molar-refractivity contribution in [1.82, 2.24) is 14.9 Å². The van der Waals surface area contributed by atoms with Crippen LogP contribution in [0, 0.1) is 0 Å². The highest BCUT2D eigenvalue weighted by Gasteiger charge is 2.17. The van der Waals surface area contributed by atoms with E-state index < -0.39 is 0 Å². The quantitative estimate of drug-likeness (QED) is 0.763. The molecule has 3 nitrogen and oxygen atoms in total. The van der Waals surface area contributed by atoms with Crippen molar-refractivity contribution in [1.29, 1.82) is 0 Å². The Balaban J connectivity index is 2.21. The van der Waals surface area contributed by atoms with Crippen LogP contribution in [0.3, 0.4) is 0 Å². The minimum atomic E-state index is 0.590. The van der Waals surface area contributed by atoms with E-state index >= 15 is 0 Å². The van der Waals surface area contributed by atoms with E-state index in [1.54, 1.807) is 0 Å². The topological polar surface area (TPSA) is 29.9 Å². The molecule has 1 aromatic heterocycles. The van der Waals surface area contributed by atoms with Crippen LogP contribution in [-0.2, 0) is 0 Å². The normalized spacial score (nSPS) is 24.3. The monoisotopic (exact) mass is 215 g/mol. The first kappa shape index (κ1) is 7.31. The average Bonchev–Trinajstić information content (AvgIpc) is 2.55. The van der Waals surface area contributed by atoms with E-state index in [4.69, 9.17) is 0 Å². The van der Waals surface area contributed by atoms with E-state index in [9.17, 15) is 0 Å². The zero-order chi connectivity index (χ0) is 7.68. The number of hydrogen-bond acceptors (Lipinski definition) is 2. The molecular formula is C7H10BrN3. The highest BCUT2D eigenvalue weighted by molar-refractivity contribution is 9.10. The number of hydrogen-bond donors (Lipinski definition) is 1. The third-order valence-electron chi connectivity index (χ3n) is 2.05. The average molecular weight is 216 g/mol. The lowest BCUT2D eigenvalue weighted by molar-refractivity contribution is 0.536. The van der Waals surface area contributed by atoms with Gasteiger partial charge in [0, 0.05) is 25.0 Å². The molecule has 1 unspecified atom stereocenters. The fourth-order valence-electron chi connectivity index (χ4n) is 1.44. The Bertz CT molecular complexity index is 240. The van der Waals surface area contributed by atoms with Crippen molar-refractivity contribution in [3.05, 3.63) is 17.1 Å². The second kappa shape index (κ2) is 2.95. The lowest BCUT2D eigenvalue weighted by atomic mass is 10.3. The molecule has 2 rings (SSSR count). The summed E-state index contributed by atoms with van der Waals surface area (Å²) in [6, 6.07) is 0.590. The predicted octanol–water partition coefficient (Wildman–Crippen LogP) is 1.18. The standard InChI is InChI=1S/C7H10BrN3/c8-7-10-3-4-11(7)6-1-2-9-5-6/h3-4,6,9H,1-2,5H2. The van der Waals surface area contributed by atoms with Crippen molar-refractivity contribution in [3.63, 3.8) is 0 Å². The lowest BCUT2D eigenvalue weighted by Crippen LogP contribution is -2.12. The van der Waals surface area contributed by atoms with E-state index in [0.29, 0.717) is 6.04 Å². The van der Waals surface area contributed by atoms with Crippen LogP contribution in [0.1, 0.15) is 12.5 Å². The van der Waals surface area contributed by atoms with E-state index in [2.05, 4.69) is 30.8 Å². The number of nitrogens with zero attached hydrogens (tertiary/aromatic N) is 2. The van der Waals surface area contributed by atoms with Gasteiger partial charge in [0.15, 0.2) is 4.73 Å². The molecule has 1 N–H and O–H groups in total. The molecule has 1 aromatic rings. The van der Waals surface area contributed by atoms with Gasteiger partial charge in [-0.2, -0.15) is 0 Å². The van der Waals surface area contributed by atoms with Gasteiger partial charge in [-0.15, -0.1) is 0 Å². The van der Waals surface area contributed by atoms with E-state index in [-0.39, 0.29) is 0 Å². The van der Waals surface area contributed by atoms with Crippen molar-refractivity contribution in [2.75, 3.05) is 13.1 Å². The van der Waals surface area contributed by atoms with E-state index in [1.165, 1.54) is 6.42 Å². The zero-order valence-corrected chi connectivity index (χ0v) is 7.71. The summed E-state index contributed by atoms with van der Waals surface area (Å²) < 4.78 is 3.10. The first-order chi connectivity index (χ1) is 5.38. The molecule has 1 aliphatic heterocycles. The van der Waals surface area contributed by atoms with E-state index in [1.807, 2.05) is 12.4 Å². The summed E-state index contributed by atoms with van der Waals surface area (Å²) in [6.07, 6.45) is 5.04. The van der Waals surface area contributed by atoms with Gasteiger partial charge in [-0.3, -0.25) is 0 Å². The maximum Gasteiger partial charge on any atom is 0.177 e. The summed E-state index contributed by atoms with van der Waals surface area (Å²) in [7, 11) is 0. The van der Waals surface area contributed by atoms with Crippen molar-refractivity contribution in [3.8, 4) is 0 Å². The maximum absolute atomic E-state index is 4.11. The molecule has 0 radical (unpaired) electrons. The molecule has 0 aromatic carbocycles. The number of imidazole rings is 1. The van der Waals surface area contributed by atoms with Gasteiger partial charge >= 0.3 is 0 Å². The summed E-state index contributed by atoms with van der Waals surface area (Å²) in [5.74, 6) is 0. The summed E-state index contributed by atoms with van der Waals surface area (Å²) in [5, 5.41) is 3.32. The first-order valence-corrected chi connectivity index (χ1v) is 4.56. The first-order valence-electron chi connectivity index (χ1n) is 3.77. The van der Waals surface area contributed by atoms with Crippen LogP contribution in [0.25, 0.3) is 0 Å². The SMILES string of the molecule is Brc1nccn1C1CCNC1. The van der Waals surface area contributed by atoms with E-state index in [0.717, 1.165) is 17.8 Å². The Morgan fingerprint density at radius 2 is 2.64 bits per heavy atom. The Morgan fingerprint density at radius 3 is 3.18 bits per heavy atom. The largest absolute Gasteiger partial charge is 0.321 e. The number of rotatable bonds is 1. The van der Waals surface area contributed by atoms with Crippen LogP contribution in [0.15, 0.2) is 17.1 Å². The second-order valence-electron chi connectivity index (χ2n) is 2.75. The van der Waals surface area contributed by atoms with Gasteiger partial charge in [-0.05, 0) is 28.9 Å². The summed E-state index contributed by atoms with van der Waals surface area (Å²) in [5.41, 5.74) is 0. The van der Waals surface area contributed by atoms with Gasteiger partial charge in [0.05, 0.1) is 0 Å². The molecule has 11 heavy (non-hydrogen) atoms. The van der Waals surface area contributed by atoms with Gasteiger partial charge in [0.1, 0.15) is 0 Å². The predicted molar refractivity (Wildman–Crippen MR) is 46.5 cm³/mol. The Morgan fingerprint density at radius 1 is 1.73 bits per heavy atom. The summed E-state index contributed by atoms with van der Waals surface area (Å²) in [6.45, 7) is 2.18. The molecule has 4 heteroatoms. The molecule has 0 saturated carbocycles. The molecule has 0 aliphatic carbocycles. The molecular weight excluding hydrogens is 206 g/mol. The molecule has 0 spiro atoms. The Kier molecular flexibility index (Phi) is 1.96. The van der Waals surface area contributed by atoms with Crippen molar-refractivity contribution in [2.45, 2.75) is 12.5 Å². The van der Waals surface area contributed by atoms with Gasteiger partial charge in [-0.25, -0.2) is 4.98 Å². The zero-order valence-electron chi connectivity index (χ0n) is 6.13. The molecule has 1 fully saturated rings. The maximum atomic E-state index is 4.11. The van der Waals surface area contributed by atoms with Crippen LogP contribution < -0.4 is 5.32 Å². The number of nitrogens with one attached hydrogen (secondary N) is 1. The fourth-order valence-corrected chi connectivity index (χ4v) is 1.97. The molecule has 60 valence electrons. The van der Waals surface area contributed by atoms with Crippen LogP contribution in [-0.4, -0.2) is 22.6 Å². The van der Waals surface area contributed by atoms with Crippen LogP contribution in [0.5, 0.6) is 0 Å². The molecule has 1 saturated heterocycles. The number of halogens is 1. The van der Waals surface area contributed by atoms with Crippen molar-refractivity contribution < 1.29 is 0 Å².